The predicted molar refractivity (Wildman–Crippen MR) is 58.8 cm³/mol. The van der Waals surface area contributed by atoms with Crippen molar-refractivity contribution in [3.8, 4) is 0 Å². The average molecular weight is 246 g/mol. The van der Waals surface area contributed by atoms with Gasteiger partial charge in [0.05, 0.1) is 13.2 Å². The lowest BCUT2D eigenvalue weighted by Gasteiger charge is -2.26. The van der Waals surface area contributed by atoms with Crippen molar-refractivity contribution in [2.24, 2.45) is 0 Å². The van der Waals surface area contributed by atoms with Crippen LogP contribution in [0.1, 0.15) is 13.3 Å². The fourth-order valence-corrected chi connectivity index (χ4v) is 1.51. The number of rotatable bonds is 5. The van der Waals surface area contributed by atoms with E-state index in [2.05, 4.69) is 10.6 Å². The summed E-state index contributed by atoms with van der Waals surface area (Å²) in [5.74, 6) is -1.08. The Kier molecular flexibility index (Phi) is 4.71. The quantitative estimate of drug-likeness (QED) is 0.611. The van der Waals surface area contributed by atoms with Gasteiger partial charge in [-0.2, -0.15) is 0 Å². The Balaban J connectivity index is 2.34. The van der Waals surface area contributed by atoms with Gasteiger partial charge in [-0.05, 0) is 6.92 Å². The van der Waals surface area contributed by atoms with E-state index < -0.39 is 23.6 Å². The van der Waals surface area contributed by atoms with Crippen molar-refractivity contribution < 1.29 is 24.2 Å². The van der Waals surface area contributed by atoms with Gasteiger partial charge in [0.15, 0.2) is 0 Å². The van der Waals surface area contributed by atoms with Crippen LogP contribution in [0.4, 0.5) is 4.79 Å². The van der Waals surface area contributed by atoms with E-state index in [0.29, 0.717) is 26.2 Å². The molecule has 2 atom stereocenters. The number of carbonyl (C=O) groups is 2. The number of hydrogen-bond acceptors (Lipinski definition) is 4. The minimum Gasteiger partial charge on any atom is -0.480 e. The fourth-order valence-electron chi connectivity index (χ4n) is 1.51. The number of hydrogen-bond donors (Lipinski definition) is 3. The third kappa shape index (κ3) is 3.86. The second-order valence-corrected chi connectivity index (χ2v) is 4.08. The van der Waals surface area contributed by atoms with Crippen LogP contribution in [-0.2, 0) is 14.3 Å². The van der Waals surface area contributed by atoms with Crippen molar-refractivity contribution in [1.82, 2.24) is 10.6 Å². The molecule has 2 amide bonds. The molecular weight excluding hydrogens is 228 g/mol. The lowest BCUT2D eigenvalue weighted by Crippen LogP contribution is -2.50. The van der Waals surface area contributed by atoms with E-state index in [1.165, 1.54) is 6.92 Å². The Morgan fingerprint density at radius 2 is 2.29 bits per heavy atom. The summed E-state index contributed by atoms with van der Waals surface area (Å²) in [6.07, 6.45) is 0.707. The summed E-state index contributed by atoms with van der Waals surface area (Å²) in [5.41, 5.74) is -0.496. The number of ether oxygens (including phenoxy) is 2. The van der Waals surface area contributed by atoms with Gasteiger partial charge in [-0.1, -0.05) is 0 Å². The highest BCUT2D eigenvalue weighted by Crippen LogP contribution is 2.21. The van der Waals surface area contributed by atoms with E-state index in [0.717, 1.165) is 0 Å². The van der Waals surface area contributed by atoms with Crippen molar-refractivity contribution in [1.29, 1.82) is 0 Å². The molecule has 17 heavy (non-hydrogen) atoms. The van der Waals surface area contributed by atoms with Gasteiger partial charge in [-0.15, -0.1) is 0 Å². The summed E-state index contributed by atoms with van der Waals surface area (Å²) in [6, 6.07) is -1.45. The van der Waals surface area contributed by atoms with Crippen molar-refractivity contribution in [2.75, 3.05) is 26.9 Å². The molecule has 0 saturated carbocycles. The first kappa shape index (κ1) is 13.7. The predicted octanol–water partition coefficient (Wildman–Crippen LogP) is -0.436. The summed E-state index contributed by atoms with van der Waals surface area (Å²) in [6.45, 7) is 2.72. The van der Waals surface area contributed by atoms with Crippen LogP contribution in [0, 0.1) is 0 Å². The zero-order chi connectivity index (χ0) is 12.9. The molecule has 2 unspecified atom stereocenters. The van der Waals surface area contributed by atoms with Crippen molar-refractivity contribution >= 4 is 12.0 Å². The average Bonchev–Trinajstić information content (AvgIpc) is 2.75. The number of methoxy groups -OCH3 is 1. The summed E-state index contributed by atoms with van der Waals surface area (Å²) in [5, 5.41) is 13.5. The Bertz CT molecular complexity index is 288. The number of carbonyl (C=O) groups excluding carboxylic acids is 1. The molecule has 0 aromatic heterocycles. The van der Waals surface area contributed by atoms with Crippen LogP contribution in [0.5, 0.6) is 0 Å². The van der Waals surface area contributed by atoms with Crippen LogP contribution in [0.15, 0.2) is 0 Å². The molecule has 1 aliphatic rings. The van der Waals surface area contributed by atoms with Crippen LogP contribution in [0.25, 0.3) is 0 Å². The molecule has 0 spiro atoms. The molecule has 1 rings (SSSR count). The number of urea groups is 1. The van der Waals surface area contributed by atoms with Crippen LogP contribution in [0.2, 0.25) is 0 Å². The molecule has 98 valence electrons. The SMILES string of the molecule is COC1(CNC(=O)NC(C)C(=O)O)CCOC1. The monoisotopic (exact) mass is 246 g/mol. The Hall–Kier alpha value is -1.34. The van der Waals surface area contributed by atoms with E-state index in [-0.39, 0.29) is 0 Å². The molecule has 1 aliphatic heterocycles. The smallest absolute Gasteiger partial charge is 0.325 e. The lowest BCUT2D eigenvalue weighted by atomic mass is 10.0. The van der Waals surface area contributed by atoms with Crippen molar-refractivity contribution in [3.05, 3.63) is 0 Å². The Labute approximate surface area is 99.5 Å². The van der Waals surface area contributed by atoms with Gasteiger partial charge in [0.2, 0.25) is 0 Å². The highest BCUT2D eigenvalue weighted by Gasteiger charge is 2.35. The van der Waals surface area contributed by atoms with E-state index in [9.17, 15) is 9.59 Å². The third-order valence-corrected chi connectivity index (χ3v) is 2.79. The molecular formula is C10H18N2O5. The van der Waals surface area contributed by atoms with Gasteiger partial charge in [0, 0.05) is 20.1 Å². The fraction of sp³-hybridized carbons (Fsp3) is 0.800. The topological polar surface area (TPSA) is 96.9 Å². The molecule has 1 fully saturated rings. The van der Waals surface area contributed by atoms with Gasteiger partial charge in [-0.25, -0.2) is 4.79 Å². The summed E-state index contributed by atoms with van der Waals surface area (Å²) >= 11 is 0. The van der Waals surface area contributed by atoms with E-state index in [4.69, 9.17) is 14.6 Å². The van der Waals surface area contributed by atoms with Crippen LogP contribution >= 0.6 is 0 Å². The van der Waals surface area contributed by atoms with Gasteiger partial charge in [0.1, 0.15) is 11.6 Å². The summed E-state index contributed by atoms with van der Waals surface area (Å²) in [4.78, 5) is 21.9. The van der Waals surface area contributed by atoms with Crippen LogP contribution in [0.3, 0.4) is 0 Å². The van der Waals surface area contributed by atoms with E-state index >= 15 is 0 Å². The third-order valence-electron chi connectivity index (χ3n) is 2.79. The zero-order valence-corrected chi connectivity index (χ0v) is 9.99. The first-order valence-corrected chi connectivity index (χ1v) is 5.39. The molecule has 7 nitrogen and oxygen atoms in total. The largest absolute Gasteiger partial charge is 0.480 e. The second-order valence-electron chi connectivity index (χ2n) is 4.08. The highest BCUT2D eigenvalue weighted by atomic mass is 16.5. The highest BCUT2D eigenvalue weighted by molar-refractivity contribution is 5.82. The minimum absolute atomic E-state index is 0.293. The lowest BCUT2D eigenvalue weighted by molar-refractivity contribution is -0.138. The van der Waals surface area contributed by atoms with Crippen molar-refractivity contribution in [3.63, 3.8) is 0 Å². The van der Waals surface area contributed by atoms with Gasteiger partial charge < -0.3 is 25.2 Å². The number of aliphatic carboxylic acids is 1. The molecule has 0 radical (unpaired) electrons. The van der Waals surface area contributed by atoms with E-state index in [1.807, 2.05) is 0 Å². The number of carboxylic acid groups (broad SMARTS) is 1. The molecule has 0 aliphatic carbocycles. The number of carboxylic acids is 1. The molecule has 1 heterocycles. The summed E-state index contributed by atoms with van der Waals surface area (Å²) in [7, 11) is 1.56. The molecule has 1 saturated heterocycles. The normalized spacial score (nSPS) is 25.3. The second kappa shape index (κ2) is 5.83. The van der Waals surface area contributed by atoms with Gasteiger partial charge in [-0.3, -0.25) is 4.79 Å². The maximum atomic E-state index is 11.4. The summed E-state index contributed by atoms with van der Waals surface area (Å²) < 4.78 is 10.5. The standard InChI is InChI=1S/C10H18N2O5/c1-7(8(13)14)12-9(15)11-5-10(16-2)3-4-17-6-10/h7H,3-6H2,1-2H3,(H,13,14)(H2,11,12,15). The van der Waals surface area contributed by atoms with Crippen LogP contribution < -0.4 is 10.6 Å². The minimum atomic E-state index is -1.08. The number of nitrogens with one attached hydrogen (secondary N) is 2. The van der Waals surface area contributed by atoms with Crippen molar-refractivity contribution in [2.45, 2.75) is 25.0 Å². The molecule has 0 aromatic carbocycles. The molecule has 0 aromatic rings. The maximum Gasteiger partial charge on any atom is 0.325 e. The first-order chi connectivity index (χ1) is 7.99. The molecule has 0 bridgehead atoms. The Morgan fingerprint density at radius 3 is 2.76 bits per heavy atom. The Morgan fingerprint density at radius 1 is 1.59 bits per heavy atom. The van der Waals surface area contributed by atoms with E-state index in [1.54, 1.807) is 7.11 Å². The molecule has 3 N–H and O–H groups in total. The molecule has 7 heteroatoms. The first-order valence-electron chi connectivity index (χ1n) is 5.39. The number of amides is 2. The zero-order valence-electron chi connectivity index (χ0n) is 9.99. The van der Waals surface area contributed by atoms with Crippen LogP contribution in [-0.4, -0.2) is 55.6 Å². The van der Waals surface area contributed by atoms with Gasteiger partial charge >= 0.3 is 12.0 Å². The van der Waals surface area contributed by atoms with Gasteiger partial charge in [0.25, 0.3) is 0 Å². The maximum absolute atomic E-state index is 11.4.